The molecule has 3 rings (SSSR count). The van der Waals surface area contributed by atoms with Crippen LogP contribution in [0.15, 0.2) is 42.5 Å². The number of Topliss-reactive ketones (excluding diaryl/α,β-unsaturated/α-hetero) is 1. The number of rotatable bonds is 9. The van der Waals surface area contributed by atoms with E-state index in [9.17, 15) is 18.8 Å². The molecule has 2 N–H and O–H groups in total. The summed E-state index contributed by atoms with van der Waals surface area (Å²) in [6.45, 7) is 4.14. The molecule has 0 saturated carbocycles. The van der Waals surface area contributed by atoms with Crippen LogP contribution in [0.2, 0.25) is 0 Å². The van der Waals surface area contributed by atoms with E-state index in [2.05, 4.69) is 22.1 Å². The maximum absolute atomic E-state index is 14.6. The van der Waals surface area contributed by atoms with E-state index in [0.717, 1.165) is 23.6 Å². The van der Waals surface area contributed by atoms with Crippen LogP contribution < -0.4 is 5.32 Å². The van der Waals surface area contributed by atoms with Gasteiger partial charge in [-0.25, -0.2) is 4.39 Å². The average Bonchev–Trinajstić information content (AvgIpc) is 2.86. The molecule has 1 atom stereocenters. The Labute approximate surface area is 210 Å². The Morgan fingerprint density at radius 1 is 1.19 bits per heavy atom. The van der Waals surface area contributed by atoms with E-state index in [0.29, 0.717) is 18.7 Å². The molecule has 0 aromatic heterocycles. The number of halogens is 1. The number of carbonyl (C=O) groups excluding carboxylic acids is 3. The minimum atomic E-state index is -1.44. The average molecular weight is 496 g/mol. The fourth-order valence-electron chi connectivity index (χ4n) is 3.93. The second-order valence-electron chi connectivity index (χ2n) is 8.47. The Hall–Kier alpha value is -3.58. The lowest BCUT2D eigenvalue weighted by atomic mass is 10.1. The van der Waals surface area contributed by atoms with E-state index in [1.165, 1.54) is 32.3 Å². The van der Waals surface area contributed by atoms with E-state index in [-0.39, 0.29) is 17.2 Å². The molecule has 36 heavy (non-hydrogen) atoms. The van der Waals surface area contributed by atoms with Gasteiger partial charge in [-0.05, 0) is 48.9 Å². The summed E-state index contributed by atoms with van der Waals surface area (Å²) in [5, 5.41) is 11.5. The lowest BCUT2D eigenvalue weighted by Gasteiger charge is -2.38. The molecular weight excluding hydrogens is 465 g/mol. The van der Waals surface area contributed by atoms with E-state index in [1.807, 2.05) is 13.0 Å². The summed E-state index contributed by atoms with van der Waals surface area (Å²) in [6.07, 6.45) is 0.257. The zero-order chi connectivity index (χ0) is 26.2. The fraction of sp³-hybridized carbons (Fsp3) is 0.370. The molecule has 2 aromatic rings. The first-order valence-corrected chi connectivity index (χ1v) is 11.6. The van der Waals surface area contributed by atoms with Crippen molar-refractivity contribution < 1.29 is 28.6 Å². The molecule has 0 spiro atoms. The molecule has 1 fully saturated rings. The lowest BCUT2D eigenvalue weighted by molar-refractivity contribution is -0.135. The van der Waals surface area contributed by atoms with Crippen molar-refractivity contribution in [3.8, 4) is 11.8 Å². The predicted octanol–water partition coefficient (Wildman–Crippen LogP) is 1.19. The lowest BCUT2D eigenvalue weighted by Crippen LogP contribution is -2.52. The monoisotopic (exact) mass is 495 g/mol. The van der Waals surface area contributed by atoms with Crippen LogP contribution in [0.4, 0.5) is 4.39 Å². The van der Waals surface area contributed by atoms with Crippen molar-refractivity contribution >= 4 is 17.6 Å². The number of nitrogens with one attached hydrogen (secondary N) is 1. The normalized spacial score (nSPS) is 14.2. The van der Waals surface area contributed by atoms with E-state index in [1.54, 1.807) is 18.2 Å². The predicted molar refractivity (Wildman–Crippen MR) is 132 cm³/mol. The molecule has 0 bridgehead atoms. The molecular formula is C27H30FN3O5. The molecule has 1 aliphatic heterocycles. The fourth-order valence-corrected chi connectivity index (χ4v) is 3.93. The highest BCUT2D eigenvalue weighted by molar-refractivity contribution is 6.10. The minimum absolute atomic E-state index is 0.232. The van der Waals surface area contributed by atoms with Crippen LogP contribution in [0.5, 0.6) is 0 Å². The molecule has 1 heterocycles. The van der Waals surface area contributed by atoms with E-state index >= 15 is 0 Å². The Kier molecular flexibility index (Phi) is 9.31. The summed E-state index contributed by atoms with van der Waals surface area (Å²) in [5.74, 6) is 3.25. The Bertz CT molecular complexity index is 1150. The van der Waals surface area contributed by atoms with Gasteiger partial charge in [-0.15, -0.1) is 0 Å². The Morgan fingerprint density at radius 3 is 2.47 bits per heavy atom. The number of aliphatic hydroxyl groups excluding tert-OH is 1. The Morgan fingerprint density at radius 2 is 1.89 bits per heavy atom. The SMILES string of the molecule is CCOC1CN(Cc2ccc(C#Cc3ccc(C(=O)N(C)C(C(=O)CO)C(=O)NC)cc3)c(F)c2)C1. The van der Waals surface area contributed by atoms with Gasteiger partial charge in [0.2, 0.25) is 5.91 Å². The number of ketones is 1. The smallest absolute Gasteiger partial charge is 0.254 e. The zero-order valence-electron chi connectivity index (χ0n) is 20.6. The molecule has 8 nitrogen and oxygen atoms in total. The topological polar surface area (TPSA) is 99.2 Å². The van der Waals surface area contributed by atoms with Gasteiger partial charge >= 0.3 is 0 Å². The minimum Gasteiger partial charge on any atom is -0.388 e. The summed E-state index contributed by atoms with van der Waals surface area (Å²) in [6, 6.07) is 9.78. The first-order chi connectivity index (χ1) is 17.3. The number of hydrogen-bond donors (Lipinski definition) is 2. The number of likely N-dealkylation sites (tertiary alicyclic amines) is 1. The van der Waals surface area contributed by atoms with Gasteiger partial charge in [0.15, 0.2) is 11.8 Å². The highest BCUT2D eigenvalue weighted by Crippen LogP contribution is 2.18. The molecule has 1 saturated heterocycles. The molecule has 190 valence electrons. The quantitative estimate of drug-likeness (QED) is 0.401. The van der Waals surface area contributed by atoms with E-state index in [4.69, 9.17) is 9.84 Å². The van der Waals surface area contributed by atoms with Crippen LogP contribution in [0.3, 0.4) is 0 Å². The van der Waals surface area contributed by atoms with Crippen molar-refractivity contribution in [2.75, 3.05) is 40.4 Å². The number of amides is 2. The van der Waals surface area contributed by atoms with Crippen LogP contribution in [0, 0.1) is 17.7 Å². The van der Waals surface area contributed by atoms with Gasteiger partial charge in [0.25, 0.3) is 5.91 Å². The number of carbonyl (C=O) groups is 3. The van der Waals surface area contributed by atoms with Crippen molar-refractivity contribution in [3.05, 3.63) is 70.5 Å². The third kappa shape index (κ3) is 6.55. The van der Waals surface area contributed by atoms with Crippen LogP contribution in [-0.2, 0) is 20.9 Å². The first-order valence-electron chi connectivity index (χ1n) is 11.6. The summed E-state index contributed by atoms with van der Waals surface area (Å²) >= 11 is 0. The molecule has 0 radical (unpaired) electrons. The molecule has 9 heteroatoms. The number of nitrogens with zero attached hydrogens (tertiary/aromatic N) is 2. The van der Waals surface area contributed by atoms with Gasteiger partial charge in [0, 0.05) is 51.5 Å². The van der Waals surface area contributed by atoms with Gasteiger partial charge in [-0.1, -0.05) is 17.9 Å². The largest absolute Gasteiger partial charge is 0.388 e. The second kappa shape index (κ2) is 12.4. The van der Waals surface area contributed by atoms with Crippen molar-refractivity contribution in [3.63, 3.8) is 0 Å². The summed E-state index contributed by atoms with van der Waals surface area (Å²) in [7, 11) is 2.65. The summed E-state index contributed by atoms with van der Waals surface area (Å²) in [4.78, 5) is 39.9. The van der Waals surface area contributed by atoms with Gasteiger partial charge in [-0.3, -0.25) is 19.3 Å². The molecule has 0 aliphatic carbocycles. The van der Waals surface area contributed by atoms with Gasteiger partial charge < -0.3 is 20.1 Å². The highest BCUT2D eigenvalue weighted by Gasteiger charge is 2.32. The highest BCUT2D eigenvalue weighted by atomic mass is 19.1. The van der Waals surface area contributed by atoms with E-state index < -0.39 is 36.1 Å². The molecule has 2 aromatic carbocycles. The number of hydrogen-bond acceptors (Lipinski definition) is 6. The third-order valence-corrected chi connectivity index (χ3v) is 5.90. The van der Waals surface area contributed by atoms with Crippen molar-refractivity contribution in [1.29, 1.82) is 0 Å². The van der Waals surface area contributed by atoms with Crippen molar-refractivity contribution in [1.82, 2.24) is 15.1 Å². The number of ether oxygens (including phenoxy) is 1. The van der Waals surface area contributed by atoms with Crippen LogP contribution >= 0.6 is 0 Å². The number of likely N-dealkylation sites (N-methyl/N-ethyl adjacent to an activating group) is 2. The maximum Gasteiger partial charge on any atom is 0.254 e. The summed E-state index contributed by atoms with van der Waals surface area (Å²) in [5.41, 5.74) is 1.94. The van der Waals surface area contributed by atoms with Gasteiger partial charge in [0.05, 0.1) is 11.7 Å². The maximum atomic E-state index is 14.6. The van der Waals surface area contributed by atoms with Crippen molar-refractivity contribution in [2.24, 2.45) is 0 Å². The summed E-state index contributed by atoms with van der Waals surface area (Å²) < 4.78 is 20.1. The molecule has 2 amide bonds. The second-order valence-corrected chi connectivity index (χ2v) is 8.47. The first kappa shape index (κ1) is 27.0. The van der Waals surface area contributed by atoms with Gasteiger partial charge in [0.1, 0.15) is 12.4 Å². The van der Waals surface area contributed by atoms with Gasteiger partial charge in [-0.2, -0.15) is 0 Å². The zero-order valence-corrected chi connectivity index (χ0v) is 20.6. The van der Waals surface area contributed by atoms with Crippen LogP contribution in [0.1, 0.15) is 34.0 Å². The number of benzene rings is 2. The van der Waals surface area contributed by atoms with Crippen molar-refractivity contribution in [2.45, 2.75) is 25.6 Å². The van der Waals surface area contributed by atoms with Crippen LogP contribution in [0.25, 0.3) is 0 Å². The standard InChI is InChI=1S/C27H30FN3O5/c1-4-36-22-15-31(16-22)14-19-8-10-20(23(28)13-19)9-5-18-6-11-21(12-7-18)27(35)30(3)25(24(33)17-32)26(34)29-2/h6-8,10-13,22,25,32H,4,14-17H2,1-3H3,(H,29,34). The van der Waals surface area contributed by atoms with Crippen LogP contribution in [-0.4, -0.2) is 85.0 Å². The molecule has 1 aliphatic rings. The third-order valence-electron chi connectivity index (χ3n) is 5.90. The number of aliphatic hydroxyl groups is 1. The Balaban J connectivity index is 1.64. The molecule has 1 unspecified atom stereocenters.